The Morgan fingerprint density at radius 1 is 1.35 bits per heavy atom. The lowest BCUT2D eigenvalue weighted by atomic mass is 9.97. The molecule has 5 unspecified atom stereocenters. The van der Waals surface area contributed by atoms with E-state index in [2.05, 4.69) is 15.3 Å². The molecule has 1 aliphatic heterocycles. The Hall–Kier alpha value is -1.46. The van der Waals surface area contributed by atoms with Gasteiger partial charge in [-0.3, -0.25) is 4.79 Å². The van der Waals surface area contributed by atoms with Gasteiger partial charge < -0.3 is 34.8 Å². The second-order valence-corrected chi connectivity index (χ2v) is 4.87. The van der Waals surface area contributed by atoms with Crippen LogP contribution in [-0.2, 0) is 19.0 Å². The third-order valence-corrected chi connectivity index (χ3v) is 3.16. The monoisotopic (exact) mass is 334 g/mol. The predicted molar refractivity (Wildman–Crippen MR) is 76.1 cm³/mol. The third kappa shape index (κ3) is 6.28. The molecule has 11 nitrogen and oxygen atoms in total. The first-order valence-corrected chi connectivity index (χ1v) is 7.11. The summed E-state index contributed by atoms with van der Waals surface area (Å²) in [6.07, 6.45) is -4.77. The highest BCUT2D eigenvalue weighted by Crippen LogP contribution is 2.22. The van der Waals surface area contributed by atoms with Crippen LogP contribution in [0.5, 0.6) is 0 Å². The molecule has 11 heteroatoms. The average Bonchev–Trinajstić information content (AvgIpc) is 2.52. The van der Waals surface area contributed by atoms with Crippen LogP contribution in [0.3, 0.4) is 0 Å². The molecule has 0 aliphatic carbocycles. The molecule has 4 N–H and O–H groups in total. The van der Waals surface area contributed by atoms with E-state index in [0.717, 1.165) is 0 Å². The van der Waals surface area contributed by atoms with Gasteiger partial charge in [-0.15, -0.1) is 0 Å². The summed E-state index contributed by atoms with van der Waals surface area (Å²) in [5.74, 6) is -0.425. The fourth-order valence-corrected chi connectivity index (χ4v) is 2.09. The Kier molecular flexibility index (Phi) is 8.81. The molecule has 0 spiro atoms. The van der Waals surface area contributed by atoms with Gasteiger partial charge in [-0.25, -0.2) is 0 Å². The quantitative estimate of drug-likeness (QED) is 0.168. The van der Waals surface area contributed by atoms with Gasteiger partial charge in [0, 0.05) is 18.4 Å². The predicted octanol–water partition coefficient (Wildman–Crippen LogP) is -1.73. The van der Waals surface area contributed by atoms with E-state index in [1.54, 1.807) is 0 Å². The Morgan fingerprint density at radius 2 is 2.09 bits per heavy atom. The zero-order valence-corrected chi connectivity index (χ0v) is 12.7. The van der Waals surface area contributed by atoms with Crippen molar-refractivity contribution in [3.8, 4) is 0 Å². The third-order valence-electron chi connectivity index (χ3n) is 3.16. The average molecular weight is 334 g/mol. The summed E-state index contributed by atoms with van der Waals surface area (Å²) in [7, 11) is 0. The van der Waals surface area contributed by atoms with E-state index in [1.165, 1.54) is 6.92 Å². The maximum absolute atomic E-state index is 11.2. The van der Waals surface area contributed by atoms with Crippen molar-refractivity contribution in [3.63, 3.8) is 0 Å². The van der Waals surface area contributed by atoms with Crippen LogP contribution >= 0.6 is 0 Å². The van der Waals surface area contributed by atoms with Crippen molar-refractivity contribution in [1.82, 2.24) is 5.32 Å². The van der Waals surface area contributed by atoms with Crippen molar-refractivity contribution >= 4 is 5.91 Å². The Bertz CT molecular complexity index is 418. The molecular weight excluding hydrogens is 312 g/mol. The van der Waals surface area contributed by atoms with E-state index in [9.17, 15) is 15.0 Å². The van der Waals surface area contributed by atoms with Crippen LogP contribution in [0.15, 0.2) is 5.11 Å². The van der Waals surface area contributed by atoms with Crippen molar-refractivity contribution in [2.24, 2.45) is 5.11 Å². The number of nitrogens with one attached hydrogen (secondary N) is 1. The molecule has 132 valence electrons. The van der Waals surface area contributed by atoms with Gasteiger partial charge >= 0.3 is 0 Å². The fraction of sp³-hybridized carbons (Fsp3) is 0.917. The van der Waals surface area contributed by atoms with E-state index < -0.39 is 43.2 Å². The minimum absolute atomic E-state index is 0.0813. The van der Waals surface area contributed by atoms with Crippen molar-refractivity contribution < 1.29 is 34.3 Å². The molecule has 0 aromatic heterocycles. The molecule has 1 heterocycles. The summed E-state index contributed by atoms with van der Waals surface area (Å²) < 4.78 is 15.9. The number of aliphatic hydroxyl groups is 3. The zero-order chi connectivity index (χ0) is 17.2. The number of carbonyl (C=O) groups excluding carboxylic acids is 1. The summed E-state index contributed by atoms with van der Waals surface area (Å²) in [4.78, 5) is 13.8. The van der Waals surface area contributed by atoms with Crippen LogP contribution < -0.4 is 5.32 Å². The maximum atomic E-state index is 11.2. The number of hydrogen-bond acceptors (Lipinski definition) is 8. The molecular formula is C12H22N4O7. The van der Waals surface area contributed by atoms with Crippen molar-refractivity contribution in [1.29, 1.82) is 0 Å². The number of azide groups is 1. The van der Waals surface area contributed by atoms with Crippen LogP contribution in [0.2, 0.25) is 0 Å². The molecule has 0 aromatic carbocycles. The number of carbonyl (C=O) groups is 1. The topological polar surface area (TPSA) is 166 Å². The first-order chi connectivity index (χ1) is 11.0. The van der Waals surface area contributed by atoms with E-state index in [4.69, 9.17) is 24.8 Å². The summed E-state index contributed by atoms with van der Waals surface area (Å²) in [5.41, 5.74) is 8.10. The zero-order valence-electron chi connectivity index (χ0n) is 12.7. The number of rotatable bonds is 9. The summed E-state index contributed by atoms with van der Waals surface area (Å²) in [6, 6.07) is -0.978. The van der Waals surface area contributed by atoms with E-state index >= 15 is 0 Å². The van der Waals surface area contributed by atoms with Crippen molar-refractivity contribution in [2.75, 3.05) is 33.0 Å². The van der Waals surface area contributed by atoms with E-state index in [1.807, 2.05) is 0 Å². The number of hydrogen-bond donors (Lipinski definition) is 4. The molecule has 0 aromatic rings. The number of nitrogens with zero attached hydrogens (tertiary/aromatic N) is 3. The van der Waals surface area contributed by atoms with Crippen LogP contribution in [0.4, 0.5) is 0 Å². The van der Waals surface area contributed by atoms with Gasteiger partial charge in [-0.05, 0) is 5.53 Å². The lowest BCUT2D eigenvalue weighted by molar-refractivity contribution is -0.272. The largest absolute Gasteiger partial charge is 0.394 e. The van der Waals surface area contributed by atoms with Gasteiger partial charge in [0.05, 0.1) is 26.4 Å². The Labute approximate surface area is 132 Å². The molecule has 23 heavy (non-hydrogen) atoms. The first kappa shape index (κ1) is 19.6. The maximum Gasteiger partial charge on any atom is 0.217 e. The molecule has 1 aliphatic rings. The highest BCUT2D eigenvalue weighted by Gasteiger charge is 2.45. The molecule has 1 amide bonds. The van der Waals surface area contributed by atoms with Gasteiger partial charge in [0.2, 0.25) is 5.91 Å². The highest BCUT2D eigenvalue weighted by atomic mass is 16.7. The van der Waals surface area contributed by atoms with Gasteiger partial charge in [-0.2, -0.15) is 0 Å². The second kappa shape index (κ2) is 10.3. The SMILES string of the molecule is CC(=O)NC1C(OCCOCCN=[N+]=[N-])OC(CO)C(O)C1O. The lowest BCUT2D eigenvalue weighted by Gasteiger charge is -2.42. The summed E-state index contributed by atoms with van der Waals surface area (Å²) in [5, 5.41) is 34.8. The molecule has 0 radical (unpaired) electrons. The fourth-order valence-electron chi connectivity index (χ4n) is 2.09. The summed E-state index contributed by atoms with van der Waals surface area (Å²) >= 11 is 0. The minimum atomic E-state index is -1.35. The first-order valence-electron chi connectivity index (χ1n) is 7.11. The van der Waals surface area contributed by atoms with Crippen molar-refractivity contribution in [3.05, 3.63) is 10.4 Å². The van der Waals surface area contributed by atoms with Crippen molar-refractivity contribution in [2.45, 2.75) is 37.6 Å². The lowest BCUT2D eigenvalue weighted by Crippen LogP contribution is -2.64. The molecule has 5 atom stereocenters. The van der Waals surface area contributed by atoms with Crippen LogP contribution in [0.1, 0.15) is 6.92 Å². The standard InChI is InChI=1S/C12H22N4O7/c1-7(18)15-9-11(20)10(19)8(6-17)23-12(9)22-5-4-21-3-2-14-16-13/h8-12,17,19-20H,2-6H2,1H3,(H,15,18). The van der Waals surface area contributed by atoms with Crippen LogP contribution in [-0.4, -0.2) is 84.8 Å². The van der Waals surface area contributed by atoms with Gasteiger partial charge in [-0.1, -0.05) is 5.11 Å². The molecule has 0 bridgehead atoms. The molecule has 1 saturated heterocycles. The number of amides is 1. The Morgan fingerprint density at radius 3 is 2.70 bits per heavy atom. The summed E-state index contributed by atoms with van der Waals surface area (Å²) in [6.45, 7) is 1.44. The second-order valence-electron chi connectivity index (χ2n) is 4.87. The van der Waals surface area contributed by atoms with Gasteiger partial charge in [0.1, 0.15) is 24.4 Å². The highest BCUT2D eigenvalue weighted by molar-refractivity contribution is 5.73. The normalized spacial score (nSPS) is 30.5. The number of aliphatic hydroxyl groups excluding tert-OH is 3. The van der Waals surface area contributed by atoms with E-state index in [0.29, 0.717) is 0 Å². The molecule has 1 rings (SSSR count). The smallest absolute Gasteiger partial charge is 0.217 e. The number of ether oxygens (including phenoxy) is 3. The molecule has 0 saturated carbocycles. The van der Waals surface area contributed by atoms with Gasteiger partial charge in [0.15, 0.2) is 6.29 Å². The van der Waals surface area contributed by atoms with Crippen LogP contribution in [0, 0.1) is 0 Å². The molecule has 1 fully saturated rings. The van der Waals surface area contributed by atoms with Crippen LogP contribution in [0.25, 0.3) is 10.4 Å². The van der Waals surface area contributed by atoms with Gasteiger partial charge in [0.25, 0.3) is 0 Å². The minimum Gasteiger partial charge on any atom is -0.394 e. The Balaban J connectivity index is 2.49. The van der Waals surface area contributed by atoms with E-state index in [-0.39, 0.29) is 26.4 Å².